The first-order valence-corrected chi connectivity index (χ1v) is 20.2. The van der Waals surface area contributed by atoms with Gasteiger partial charge in [0.25, 0.3) is 5.91 Å². The SMILES string of the molecule is CC(C)[C@H](CC(=O)C[C@H](C(=O)N1C[C@]2(C[C@H]1C(=O)CC(CC1CCC1)C(=O)C(N)=O)C(C)(C)C21CCC1)C(C)(C)C)C(=O)N1CCN(C)CC1(C)C. The van der Waals surface area contributed by atoms with Gasteiger partial charge in [-0.1, -0.05) is 74.1 Å². The molecule has 2 heterocycles. The molecule has 10 nitrogen and oxygen atoms in total. The van der Waals surface area contributed by atoms with Crippen molar-refractivity contribution in [1.29, 1.82) is 0 Å². The van der Waals surface area contributed by atoms with Crippen LogP contribution in [0, 0.1) is 51.2 Å². The fourth-order valence-electron chi connectivity index (χ4n) is 11.2. The van der Waals surface area contributed by atoms with E-state index in [9.17, 15) is 28.8 Å². The minimum Gasteiger partial charge on any atom is -0.363 e. The van der Waals surface area contributed by atoms with E-state index in [1.165, 1.54) is 0 Å². The number of carbonyl (C=O) groups is 6. The Hall–Kier alpha value is -2.62. The number of hydrogen-bond donors (Lipinski definition) is 1. The molecule has 0 aromatic rings. The first kappa shape index (κ1) is 40.6. The smallest absolute Gasteiger partial charge is 0.285 e. The first-order valence-electron chi connectivity index (χ1n) is 20.2. The zero-order valence-corrected chi connectivity index (χ0v) is 33.9. The molecular weight excluding hydrogens is 656 g/mol. The fraction of sp³-hybridized carbons (Fsp3) is 0.857. The average molecular weight is 725 g/mol. The van der Waals surface area contributed by atoms with Crippen molar-refractivity contribution >= 4 is 35.1 Å². The van der Waals surface area contributed by atoms with E-state index in [0.717, 1.165) is 51.6 Å². The summed E-state index contributed by atoms with van der Waals surface area (Å²) in [4.78, 5) is 88.5. The Labute approximate surface area is 312 Å². The molecular formula is C42H68N4O6. The van der Waals surface area contributed by atoms with Crippen molar-refractivity contribution < 1.29 is 28.8 Å². The van der Waals surface area contributed by atoms with E-state index in [2.05, 4.69) is 39.6 Å². The van der Waals surface area contributed by atoms with Crippen molar-refractivity contribution in [3.63, 3.8) is 0 Å². The maximum absolute atomic E-state index is 15.0. The van der Waals surface area contributed by atoms with Crippen LogP contribution in [0.5, 0.6) is 0 Å². The molecule has 5 atom stereocenters. The predicted molar refractivity (Wildman–Crippen MR) is 201 cm³/mol. The molecule has 0 radical (unpaired) electrons. The predicted octanol–water partition coefficient (Wildman–Crippen LogP) is 5.44. The van der Waals surface area contributed by atoms with Crippen molar-refractivity contribution in [1.82, 2.24) is 14.7 Å². The van der Waals surface area contributed by atoms with Crippen LogP contribution >= 0.6 is 0 Å². The van der Waals surface area contributed by atoms with Crippen molar-refractivity contribution in [3.05, 3.63) is 0 Å². The number of piperazine rings is 1. The van der Waals surface area contributed by atoms with Crippen LogP contribution in [0.3, 0.4) is 0 Å². The minimum atomic E-state index is -1.01. The van der Waals surface area contributed by atoms with Crippen LogP contribution < -0.4 is 5.73 Å². The van der Waals surface area contributed by atoms with E-state index in [1.54, 1.807) is 4.90 Å². The number of likely N-dealkylation sites (N-methyl/N-ethyl adjacent to an activating group) is 1. The molecule has 2 spiro atoms. The number of nitrogens with zero attached hydrogens (tertiary/aromatic N) is 3. The minimum absolute atomic E-state index is 0.00375. The molecule has 3 saturated carbocycles. The highest BCUT2D eigenvalue weighted by Gasteiger charge is 2.85. The molecule has 5 rings (SSSR count). The molecule has 5 fully saturated rings. The molecule has 1 unspecified atom stereocenters. The highest BCUT2D eigenvalue weighted by Crippen LogP contribution is 2.88. The van der Waals surface area contributed by atoms with Crippen LogP contribution in [0.4, 0.5) is 0 Å². The molecule has 2 N–H and O–H groups in total. The highest BCUT2D eigenvalue weighted by atomic mass is 16.2. The van der Waals surface area contributed by atoms with E-state index in [0.29, 0.717) is 31.8 Å². The Morgan fingerprint density at radius 1 is 0.827 bits per heavy atom. The molecule has 3 aliphatic carbocycles. The number of likely N-dealkylation sites (tertiary alicyclic amines) is 1. The van der Waals surface area contributed by atoms with Crippen LogP contribution in [0.2, 0.25) is 0 Å². The van der Waals surface area contributed by atoms with E-state index < -0.39 is 40.9 Å². The topological polar surface area (TPSA) is 138 Å². The van der Waals surface area contributed by atoms with Gasteiger partial charge in [-0.3, -0.25) is 28.8 Å². The van der Waals surface area contributed by atoms with Crippen molar-refractivity contribution in [2.45, 2.75) is 145 Å². The number of rotatable bonds is 14. The maximum atomic E-state index is 15.0. The van der Waals surface area contributed by atoms with Gasteiger partial charge in [0, 0.05) is 74.1 Å². The number of carbonyl (C=O) groups excluding carboxylic acids is 6. The third-order valence-corrected chi connectivity index (χ3v) is 15.1. The largest absolute Gasteiger partial charge is 0.363 e. The van der Waals surface area contributed by atoms with Gasteiger partial charge in [0.2, 0.25) is 17.6 Å². The summed E-state index contributed by atoms with van der Waals surface area (Å²) < 4.78 is 0. The van der Waals surface area contributed by atoms with Crippen LogP contribution in [0.15, 0.2) is 0 Å². The molecule has 0 aromatic carbocycles. The molecule has 2 saturated heterocycles. The number of primary amides is 1. The van der Waals surface area contributed by atoms with Gasteiger partial charge in [0.05, 0.1) is 6.04 Å². The average Bonchev–Trinajstić information content (AvgIpc) is 3.20. The molecule has 0 aromatic heterocycles. The number of Topliss-reactive ketones (excluding diaryl/α,β-unsaturated/α-hetero) is 3. The summed E-state index contributed by atoms with van der Waals surface area (Å²) in [5.74, 6) is -3.90. The Balaban J connectivity index is 1.39. The van der Waals surface area contributed by atoms with Gasteiger partial charge >= 0.3 is 0 Å². The molecule has 2 aliphatic heterocycles. The van der Waals surface area contributed by atoms with E-state index in [1.807, 2.05) is 39.5 Å². The Kier molecular flexibility index (Phi) is 11.1. The second-order valence-corrected chi connectivity index (χ2v) is 20.2. The van der Waals surface area contributed by atoms with Crippen molar-refractivity contribution in [2.24, 2.45) is 57.0 Å². The van der Waals surface area contributed by atoms with Crippen LogP contribution in [0.1, 0.15) is 133 Å². The van der Waals surface area contributed by atoms with Gasteiger partial charge in [0.15, 0.2) is 5.78 Å². The number of amides is 3. The molecule has 10 heteroatoms. The quantitative estimate of drug-likeness (QED) is 0.236. The summed E-state index contributed by atoms with van der Waals surface area (Å²) in [6, 6.07) is -0.722. The van der Waals surface area contributed by atoms with E-state index in [4.69, 9.17) is 5.73 Å². The van der Waals surface area contributed by atoms with Gasteiger partial charge in [-0.15, -0.1) is 0 Å². The standard InChI is InChI=1S/C42H68N4O6/c1-26(2)30(36(51)46-18-17-44(10)24-39(46,6)7)21-29(47)22-31(38(3,4)5)37(52)45-25-42(40(8,9)41(42)15-12-16-41)23-32(45)33(48)20-28(34(49)35(43)50)19-27-13-11-14-27/h26-28,30-32H,11-25H2,1-10H3,(H2,43,50)/t28?,30-,31+,32-,42+/m0/s1. The number of nitrogens with two attached hydrogens (primary N) is 1. The maximum Gasteiger partial charge on any atom is 0.285 e. The van der Waals surface area contributed by atoms with Gasteiger partial charge < -0.3 is 20.4 Å². The van der Waals surface area contributed by atoms with Crippen LogP contribution in [-0.2, 0) is 28.8 Å². The Bertz CT molecular complexity index is 1450. The summed E-state index contributed by atoms with van der Waals surface area (Å²) in [5, 5.41) is 0. The molecule has 3 amide bonds. The Morgan fingerprint density at radius 3 is 1.92 bits per heavy atom. The summed E-state index contributed by atoms with van der Waals surface area (Å²) in [7, 11) is 2.06. The number of hydrogen-bond acceptors (Lipinski definition) is 7. The Morgan fingerprint density at radius 2 is 1.46 bits per heavy atom. The number of ketones is 3. The van der Waals surface area contributed by atoms with E-state index >= 15 is 0 Å². The van der Waals surface area contributed by atoms with Gasteiger partial charge in [-0.25, -0.2) is 0 Å². The summed E-state index contributed by atoms with van der Waals surface area (Å²) in [6.07, 6.45) is 7.28. The third kappa shape index (κ3) is 7.03. The zero-order chi connectivity index (χ0) is 38.8. The highest BCUT2D eigenvalue weighted by molar-refractivity contribution is 6.36. The molecule has 292 valence electrons. The van der Waals surface area contributed by atoms with Crippen molar-refractivity contribution in [2.75, 3.05) is 33.2 Å². The third-order valence-electron chi connectivity index (χ3n) is 15.1. The van der Waals surface area contributed by atoms with Crippen LogP contribution in [0.25, 0.3) is 0 Å². The normalized spacial score (nSPS) is 28.2. The second-order valence-electron chi connectivity index (χ2n) is 20.2. The number of fused-ring (bicyclic) bond motifs is 1. The zero-order valence-electron chi connectivity index (χ0n) is 33.9. The van der Waals surface area contributed by atoms with E-state index in [-0.39, 0.29) is 70.3 Å². The van der Waals surface area contributed by atoms with Crippen molar-refractivity contribution in [3.8, 4) is 0 Å². The van der Waals surface area contributed by atoms with Crippen LogP contribution in [-0.4, -0.2) is 94.6 Å². The lowest BCUT2D eigenvalue weighted by Crippen LogP contribution is -2.61. The lowest BCUT2D eigenvalue weighted by atomic mass is 9.73. The lowest BCUT2D eigenvalue weighted by Gasteiger charge is -2.47. The fourth-order valence-corrected chi connectivity index (χ4v) is 11.2. The van der Waals surface area contributed by atoms with Gasteiger partial charge in [0.1, 0.15) is 5.78 Å². The molecule has 5 aliphatic rings. The van der Waals surface area contributed by atoms with Gasteiger partial charge in [-0.05, 0) is 74.7 Å². The molecule has 52 heavy (non-hydrogen) atoms. The summed E-state index contributed by atoms with van der Waals surface area (Å²) >= 11 is 0. The first-order chi connectivity index (χ1) is 24.0. The second kappa shape index (κ2) is 14.2. The summed E-state index contributed by atoms with van der Waals surface area (Å²) in [5.41, 5.74) is 4.35. The van der Waals surface area contributed by atoms with Gasteiger partial charge in [-0.2, -0.15) is 0 Å². The molecule has 0 bridgehead atoms. The monoisotopic (exact) mass is 725 g/mol. The lowest BCUT2D eigenvalue weighted by molar-refractivity contribution is -0.149. The summed E-state index contributed by atoms with van der Waals surface area (Å²) in [6.45, 7) is 21.2.